The van der Waals surface area contributed by atoms with Crippen LogP contribution in [-0.2, 0) is 21.7 Å². The van der Waals surface area contributed by atoms with Gasteiger partial charge >= 0.3 is 18.8 Å². The van der Waals surface area contributed by atoms with Crippen LogP contribution >= 0.6 is 0 Å². The van der Waals surface area contributed by atoms with E-state index in [0.717, 1.165) is 0 Å². The highest BCUT2D eigenvalue weighted by atomic mass is 19.4. The Morgan fingerprint density at radius 1 is 1.16 bits per heavy atom. The molecule has 0 bridgehead atoms. The van der Waals surface area contributed by atoms with E-state index in [0.29, 0.717) is 16.9 Å². The van der Waals surface area contributed by atoms with Gasteiger partial charge < -0.3 is 19.5 Å². The second-order valence-electron chi connectivity index (χ2n) is 7.46. The predicted molar refractivity (Wildman–Crippen MR) is 104 cm³/mol. The van der Waals surface area contributed by atoms with Crippen molar-refractivity contribution in [2.75, 3.05) is 13.7 Å². The number of carbonyl (C=O) groups excluding carboxylic acids is 1. The van der Waals surface area contributed by atoms with Crippen molar-refractivity contribution < 1.29 is 41.0 Å². The molecule has 0 saturated carbocycles. The van der Waals surface area contributed by atoms with Crippen LogP contribution in [0.5, 0.6) is 11.5 Å². The maximum absolute atomic E-state index is 13.2. The van der Waals surface area contributed by atoms with Crippen LogP contribution in [-0.4, -0.2) is 32.4 Å². The summed E-state index contributed by atoms with van der Waals surface area (Å²) in [4.78, 5) is 11.9. The second-order valence-corrected chi connectivity index (χ2v) is 7.46. The number of hydrogen-bond donors (Lipinski definition) is 1. The lowest BCUT2D eigenvalue weighted by Gasteiger charge is -2.30. The monoisotopic (exact) mass is 459 g/mol. The summed E-state index contributed by atoms with van der Waals surface area (Å²) in [5, 5.41) is 2.86. The number of alkyl halides is 5. The minimum Gasteiger partial charge on any atom is -0.489 e. The van der Waals surface area contributed by atoms with E-state index in [1.54, 1.807) is 42.5 Å². The van der Waals surface area contributed by atoms with Crippen molar-refractivity contribution in [3.05, 3.63) is 59.7 Å². The third-order valence-electron chi connectivity index (χ3n) is 5.41. The van der Waals surface area contributed by atoms with Gasteiger partial charge in [-0.1, -0.05) is 30.3 Å². The molecule has 1 N–H and O–H groups in total. The normalized spacial score (nSPS) is 20.9. The lowest BCUT2D eigenvalue weighted by molar-refractivity contribution is -0.170. The zero-order chi connectivity index (χ0) is 23.4. The Hall–Kier alpha value is -2.88. The third kappa shape index (κ3) is 5.67. The molecule has 2 atom stereocenters. The minimum absolute atomic E-state index is 0.00972. The van der Waals surface area contributed by atoms with Crippen LogP contribution in [0.4, 0.5) is 22.0 Å². The van der Waals surface area contributed by atoms with E-state index in [1.807, 2.05) is 0 Å². The standard InChI is InChI=1S/C22H22F5NO4/c1-30-19(29)11-21(10-16(12-28-21)22(25,26)27)15-6-8-17(9-7-15)31-13-14-4-2-3-5-18(14)32-20(23)24/h2-9,16,20,28H,10-13H2,1H3/t16-,21-/m0/s1. The molecule has 1 saturated heterocycles. The molecule has 1 fully saturated rings. The van der Waals surface area contributed by atoms with Crippen LogP contribution < -0.4 is 14.8 Å². The summed E-state index contributed by atoms with van der Waals surface area (Å²) in [6.07, 6.45) is -4.94. The first-order valence-electron chi connectivity index (χ1n) is 9.77. The van der Waals surface area contributed by atoms with Gasteiger partial charge in [0.05, 0.1) is 25.0 Å². The highest BCUT2D eigenvalue weighted by molar-refractivity contribution is 5.71. The van der Waals surface area contributed by atoms with Gasteiger partial charge in [-0.05, 0) is 30.2 Å². The smallest absolute Gasteiger partial charge is 0.393 e. The number of ether oxygens (including phenoxy) is 3. The van der Waals surface area contributed by atoms with Crippen molar-refractivity contribution >= 4 is 5.97 Å². The molecular formula is C22H22F5NO4. The largest absolute Gasteiger partial charge is 0.489 e. The summed E-state index contributed by atoms with van der Waals surface area (Å²) in [5.74, 6) is -1.85. The Morgan fingerprint density at radius 3 is 2.44 bits per heavy atom. The molecule has 1 heterocycles. The summed E-state index contributed by atoms with van der Waals surface area (Å²) < 4.78 is 79.6. The molecule has 3 rings (SSSR count). The molecule has 10 heteroatoms. The molecular weight excluding hydrogens is 437 g/mol. The van der Waals surface area contributed by atoms with Crippen LogP contribution in [0.3, 0.4) is 0 Å². The van der Waals surface area contributed by atoms with Crippen LogP contribution in [0.2, 0.25) is 0 Å². The number of esters is 1. The fourth-order valence-electron chi connectivity index (χ4n) is 3.76. The van der Waals surface area contributed by atoms with Gasteiger partial charge in [0, 0.05) is 12.1 Å². The van der Waals surface area contributed by atoms with Crippen LogP contribution in [0.1, 0.15) is 24.0 Å². The number of carbonyl (C=O) groups is 1. The molecule has 0 spiro atoms. The molecule has 0 unspecified atom stereocenters. The van der Waals surface area contributed by atoms with Gasteiger partial charge in [-0.3, -0.25) is 4.79 Å². The first-order chi connectivity index (χ1) is 15.1. The maximum atomic E-state index is 13.2. The fourth-order valence-corrected chi connectivity index (χ4v) is 3.76. The van der Waals surface area contributed by atoms with Gasteiger partial charge in [0.1, 0.15) is 18.1 Å². The Balaban J connectivity index is 1.75. The zero-order valence-corrected chi connectivity index (χ0v) is 17.1. The van der Waals surface area contributed by atoms with E-state index < -0.39 is 30.2 Å². The van der Waals surface area contributed by atoms with Crippen LogP contribution in [0.25, 0.3) is 0 Å². The molecule has 0 aromatic heterocycles. The number of benzene rings is 2. The lowest BCUT2D eigenvalue weighted by atomic mass is 9.82. The lowest BCUT2D eigenvalue weighted by Crippen LogP contribution is -2.39. The van der Waals surface area contributed by atoms with E-state index >= 15 is 0 Å². The first kappa shape index (κ1) is 23.8. The Labute approximate surface area is 181 Å². The Bertz CT molecular complexity index is 919. The zero-order valence-electron chi connectivity index (χ0n) is 17.1. The van der Waals surface area contributed by atoms with Gasteiger partial charge in [0.25, 0.3) is 0 Å². The molecule has 0 radical (unpaired) electrons. The highest BCUT2D eigenvalue weighted by Crippen LogP contribution is 2.43. The van der Waals surface area contributed by atoms with Gasteiger partial charge in [-0.25, -0.2) is 0 Å². The van der Waals surface area contributed by atoms with Crippen molar-refractivity contribution in [3.8, 4) is 11.5 Å². The maximum Gasteiger partial charge on any atom is 0.393 e. The second kappa shape index (κ2) is 9.72. The van der Waals surface area contributed by atoms with Gasteiger partial charge in [-0.15, -0.1) is 0 Å². The van der Waals surface area contributed by atoms with E-state index in [4.69, 9.17) is 4.74 Å². The summed E-state index contributed by atoms with van der Waals surface area (Å²) in [5.41, 5.74) is -0.322. The number of methoxy groups -OCH3 is 1. The number of nitrogens with one attached hydrogen (secondary N) is 1. The minimum atomic E-state index is -4.39. The molecule has 1 aliphatic rings. The Morgan fingerprint density at radius 2 is 1.84 bits per heavy atom. The van der Waals surface area contributed by atoms with E-state index in [1.165, 1.54) is 13.2 Å². The molecule has 5 nitrogen and oxygen atoms in total. The van der Waals surface area contributed by atoms with Crippen molar-refractivity contribution in [2.45, 2.75) is 37.8 Å². The quantitative estimate of drug-likeness (QED) is 0.454. The predicted octanol–water partition coefficient (Wildman–Crippen LogP) is 4.80. The number of para-hydroxylation sites is 1. The van der Waals surface area contributed by atoms with E-state index in [9.17, 15) is 26.7 Å². The van der Waals surface area contributed by atoms with Gasteiger partial charge in [-0.2, -0.15) is 22.0 Å². The molecule has 2 aromatic carbocycles. The Kier molecular flexibility index (Phi) is 7.22. The number of rotatable bonds is 8. The molecule has 174 valence electrons. The van der Waals surface area contributed by atoms with Crippen LogP contribution in [0, 0.1) is 5.92 Å². The number of hydrogen-bond acceptors (Lipinski definition) is 5. The van der Waals surface area contributed by atoms with E-state index in [-0.39, 0.29) is 31.7 Å². The average Bonchev–Trinajstić information content (AvgIpc) is 3.19. The van der Waals surface area contributed by atoms with E-state index in [2.05, 4.69) is 14.8 Å². The van der Waals surface area contributed by atoms with Crippen molar-refractivity contribution in [1.29, 1.82) is 0 Å². The molecule has 1 aliphatic heterocycles. The molecule has 0 amide bonds. The number of halogens is 5. The average molecular weight is 459 g/mol. The van der Waals surface area contributed by atoms with Crippen LogP contribution in [0.15, 0.2) is 48.5 Å². The van der Waals surface area contributed by atoms with Gasteiger partial charge in [0.15, 0.2) is 0 Å². The fraction of sp³-hybridized carbons (Fsp3) is 0.409. The van der Waals surface area contributed by atoms with Crippen molar-refractivity contribution in [3.63, 3.8) is 0 Å². The van der Waals surface area contributed by atoms with Crippen molar-refractivity contribution in [1.82, 2.24) is 5.32 Å². The summed E-state index contributed by atoms with van der Waals surface area (Å²) in [6, 6.07) is 12.4. The topological polar surface area (TPSA) is 56.8 Å². The van der Waals surface area contributed by atoms with Gasteiger partial charge in [0.2, 0.25) is 0 Å². The molecule has 32 heavy (non-hydrogen) atoms. The first-order valence-corrected chi connectivity index (χ1v) is 9.77. The summed E-state index contributed by atoms with van der Waals surface area (Å²) in [7, 11) is 1.18. The highest BCUT2D eigenvalue weighted by Gasteiger charge is 2.51. The SMILES string of the molecule is COC(=O)C[C@]1(c2ccc(OCc3ccccc3OC(F)F)cc2)C[C@H](C(F)(F)F)CN1. The van der Waals surface area contributed by atoms with Crippen molar-refractivity contribution in [2.24, 2.45) is 5.92 Å². The third-order valence-corrected chi connectivity index (χ3v) is 5.41. The molecule has 2 aromatic rings. The summed E-state index contributed by atoms with van der Waals surface area (Å²) in [6.45, 7) is -3.33. The summed E-state index contributed by atoms with van der Waals surface area (Å²) >= 11 is 0. The molecule has 0 aliphatic carbocycles.